The molecule has 82 valence electrons. The van der Waals surface area contributed by atoms with Crippen LogP contribution in [0, 0.1) is 0 Å². The molecule has 0 fully saturated rings. The molecule has 1 rings (SSSR count). The molecule has 1 aromatic rings. The number of hydrogen-bond donors (Lipinski definition) is 1. The molecule has 1 aromatic heterocycles. The van der Waals surface area contributed by atoms with Gasteiger partial charge >= 0.3 is 0 Å². The topological polar surface area (TPSA) is 59.1 Å². The Bertz CT molecular complexity index is 476. The fraction of sp³-hybridized carbons (Fsp3) is 0.125. The summed E-state index contributed by atoms with van der Waals surface area (Å²) in [6, 6.07) is 1.39. The molecule has 0 saturated heterocycles. The zero-order valence-corrected chi connectivity index (χ0v) is 10.7. The van der Waals surface area contributed by atoms with Crippen LogP contribution in [-0.4, -0.2) is 19.9 Å². The minimum atomic E-state index is -3.62. The van der Waals surface area contributed by atoms with Gasteiger partial charge in [0.25, 0.3) is 0 Å². The van der Waals surface area contributed by atoms with E-state index < -0.39 is 10.0 Å². The summed E-state index contributed by atoms with van der Waals surface area (Å²) in [5.41, 5.74) is 0. The number of rotatable bonds is 4. The lowest BCUT2D eigenvalue weighted by Crippen LogP contribution is -2.24. The van der Waals surface area contributed by atoms with Gasteiger partial charge in [-0.1, -0.05) is 17.7 Å². The van der Waals surface area contributed by atoms with Crippen molar-refractivity contribution in [3.63, 3.8) is 0 Å². The van der Waals surface area contributed by atoms with Crippen molar-refractivity contribution >= 4 is 37.6 Å². The molecule has 0 atom stereocenters. The van der Waals surface area contributed by atoms with E-state index in [1.54, 1.807) is 0 Å². The molecule has 1 heterocycles. The molecule has 0 radical (unpaired) electrons. The molecule has 4 nitrogen and oxygen atoms in total. The Morgan fingerprint density at radius 3 is 2.93 bits per heavy atom. The zero-order valence-electron chi connectivity index (χ0n) is 7.57. The lowest BCUT2D eigenvalue weighted by Gasteiger charge is -2.05. The largest absolute Gasteiger partial charge is 0.243 e. The van der Waals surface area contributed by atoms with E-state index in [1.807, 2.05) is 0 Å². The highest BCUT2D eigenvalue weighted by Gasteiger charge is 2.18. The van der Waals surface area contributed by atoms with Crippen molar-refractivity contribution in [3.05, 3.63) is 34.5 Å². The van der Waals surface area contributed by atoms with Crippen LogP contribution in [0.4, 0.5) is 0 Å². The highest BCUT2D eigenvalue weighted by atomic mass is 79.9. The number of pyridine rings is 1. The first-order valence-electron chi connectivity index (χ1n) is 3.89. The Morgan fingerprint density at radius 2 is 2.33 bits per heavy atom. The quantitative estimate of drug-likeness (QED) is 0.683. The molecule has 0 aromatic carbocycles. The Morgan fingerprint density at radius 1 is 1.67 bits per heavy atom. The number of aromatic nitrogens is 1. The average Bonchev–Trinajstić information content (AvgIpc) is 2.18. The highest BCUT2D eigenvalue weighted by molar-refractivity contribution is 9.10. The lowest BCUT2D eigenvalue weighted by molar-refractivity contribution is 0.585. The molecule has 0 amide bonds. The molecule has 7 heteroatoms. The molecule has 0 saturated carbocycles. The maximum Gasteiger partial charge on any atom is 0.243 e. The minimum Gasteiger partial charge on any atom is -0.242 e. The van der Waals surface area contributed by atoms with Crippen molar-refractivity contribution < 1.29 is 8.42 Å². The van der Waals surface area contributed by atoms with Gasteiger partial charge in [0.2, 0.25) is 10.0 Å². The number of sulfonamides is 1. The molecule has 0 aliphatic heterocycles. The van der Waals surface area contributed by atoms with Gasteiger partial charge < -0.3 is 0 Å². The summed E-state index contributed by atoms with van der Waals surface area (Å²) in [6.45, 7) is 3.56. The van der Waals surface area contributed by atoms with Gasteiger partial charge in [-0.15, -0.1) is 6.58 Å². The Balaban J connectivity index is 3.14. The molecule has 0 aliphatic carbocycles. The van der Waals surface area contributed by atoms with E-state index in [9.17, 15) is 8.42 Å². The van der Waals surface area contributed by atoms with Crippen LogP contribution in [0.15, 0.2) is 34.3 Å². The second kappa shape index (κ2) is 5.07. The minimum absolute atomic E-state index is 0.0552. The summed E-state index contributed by atoms with van der Waals surface area (Å²) >= 11 is 8.81. The summed E-state index contributed by atoms with van der Waals surface area (Å²) in [5, 5.41) is -0.0604. The highest BCUT2D eigenvalue weighted by Crippen LogP contribution is 2.22. The van der Waals surface area contributed by atoms with E-state index in [2.05, 4.69) is 32.2 Å². The third-order valence-electron chi connectivity index (χ3n) is 1.48. The third-order valence-corrected chi connectivity index (χ3v) is 3.76. The van der Waals surface area contributed by atoms with Crippen LogP contribution in [0.5, 0.6) is 0 Å². The SMILES string of the molecule is C=CCNS(=O)(=O)c1cc(Br)cnc1Cl. The normalized spacial score (nSPS) is 11.3. The molecular weight excluding hydrogens is 304 g/mol. The first-order valence-corrected chi connectivity index (χ1v) is 6.54. The Labute approximate surface area is 102 Å². The summed E-state index contributed by atoms with van der Waals surface area (Å²) in [7, 11) is -3.62. The smallest absolute Gasteiger partial charge is 0.242 e. The van der Waals surface area contributed by atoms with E-state index >= 15 is 0 Å². The van der Waals surface area contributed by atoms with Gasteiger partial charge in [-0.25, -0.2) is 18.1 Å². The summed E-state index contributed by atoms with van der Waals surface area (Å²) < 4.78 is 26.2. The van der Waals surface area contributed by atoms with Crippen molar-refractivity contribution in [2.45, 2.75) is 4.90 Å². The number of nitrogens with zero attached hydrogens (tertiary/aromatic N) is 1. The fourth-order valence-corrected chi connectivity index (χ4v) is 2.78. The van der Waals surface area contributed by atoms with Gasteiger partial charge in [-0.05, 0) is 22.0 Å². The third kappa shape index (κ3) is 3.27. The zero-order chi connectivity index (χ0) is 11.5. The predicted molar refractivity (Wildman–Crippen MR) is 62.3 cm³/mol. The van der Waals surface area contributed by atoms with E-state index in [0.717, 1.165) is 0 Å². The first kappa shape index (κ1) is 12.6. The van der Waals surface area contributed by atoms with Crippen LogP contribution in [0.3, 0.4) is 0 Å². The van der Waals surface area contributed by atoms with Gasteiger partial charge in [0, 0.05) is 17.2 Å². The molecule has 0 aliphatic rings. The Kier molecular flexibility index (Phi) is 4.27. The van der Waals surface area contributed by atoms with Crippen LogP contribution < -0.4 is 4.72 Å². The second-order valence-corrected chi connectivity index (χ2v) is 5.59. The van der Waals surface area contributed by atoms with Crippen LogP contribution in [-0.2, 0) is 10.0 Å². The Hall–Kier alpha value is -0.430. The average molecular weight is 312 g/mol. The molecule has 0 bridgehead atoms. The number of hydrogen-bond acceptors (Lipinski definition) is 3. The van der Waals surface area contributed by atoms with Gasteiger partial charge in [0.15, 0.2) is 0 Å². The van der Waals surface area contributed by atoms with E-state index in [1.165, 1.54) is 18.3 Å². The van der Waals surface area contributed by atoms with E-state index in [4.69, 9.17) is 11.6 Å². The number of nitrogens with one attached hydrogen (secondary N) is 1. The van der Waals surface area contributed by atoms with E-state index in [0.29, 0.717) is 4.47 Å². The monoisotopic (exact) mass is 310 g/mol. The summed E-state index contributed by atoms with van der Waals surface area (Å²) in [5.74, 6) is 0. The maximum atomic E-state index is 11.7. The van der Waals surface area contributed by atoms with Crippen molar-refractivity contribution in [3.8, 4) is 0 Å². The van der Waals surface area contributed by atoms with Crippen LogP contribution in [0.1, 0.15) is 0 Å². The van der Waals surface area contributed by atoms with Crippen molar-refractivity contribution in [1.82, 2.24) is 9.71 Å². The molecule has 1 N–H and O–H groups in total. The van der Waals surface area contributed by atoms with Crippen molar-refractivity contribution in [1.29, 1.82) is 0 Å². The van der Waals surface area contributed by atoms with Crippen LogP contribution in [0.2, 0.25) is 5.15 Å². The summed E-state index contributed by atoms with van der Waals surface area (Å²) in [6.07, 6.45) is 2.87. The molecule has 0 unspecified atom stereocenters. The molecule has 0 spiro atoms. The number of halogens is 2. The lowest BCUT2D eigenvalue weighted by atomic mass is 10.5. The van der Waals surface area contributed by atoms with Gasteiger partial charge in [-0.3, -0.25) is 0 Å². The van der Waals surface area contributed by atoms with Crippen LogP contribution >= 0.6 is 27.5 Å². The summed E-state index contributed by atoms with van der Waals surface area (Å²) in [4.78, 5) is 3.67. The van der Waals surface area contributed by atoms with Gasteiger partial charge in [-0.2, -0.15) is 0 Å². The van der Waals surface area contributed by atoms with Gasteiger partial charge in [0.1, 0.15) is 10.0 Å². The standard InChI is InChI=1S/C8H8BrClN2O2S/c1-2-3-12-15(13,14)7-4-6(9)5-11-8(7)10/h2,4-5,12H,1,3H2. The van der Waals surface area contributed by atoms with Crippen molar-refractivity contribution in [2.75, 3.05) is 6.54 Å². The second-order valence-electron chi connectivity index (χ2n) is 2.58. The first-order chi connectivity index (χ1) is 6.97. The molecular formula is C8H8BrClN2O2S. The fourth-order valence-electron chi connectivity index (χ4n) is 0.839. The van der Waals surface area contributed by atoms with E-state index in [-0.39, 0.29) is 16.6 Å². The van der Waals surface area contributed by atoms with Crippen LogP contribution in [0.25, 0.3) is 0 Å². The predicted octanol–water partition coefficient (Wildman–Crippen LogP) is 1.96. The molecule has 15 heavy (non-hydrogen) atoms. The van der Waals surface area contributed by atoms with Gasteiger partial charge in [0.05, 0.1) is 0 Å². The van der Waals surface area contributed by atoms with Crippen molar-refractivity contribution in [2.24, 2.45) is 0 Å². The maximum absolute atomic E-state index is 11.7.